The first kappa shape index (κ1) is 19.8. The van der Waals surface area contributed by atoms with Crippen molar-refractivity contribution < 1.29 is 14.7 Å². The zero-order valence-electron chi connectivity index (χ0n) is 14.7. The molecule has 0 aromatic heterocycles. The van der Waals surface area contributed by atoms with Gasteiger partial charge in [-0.25, -0.2) is 4.79 Å². The van der Waals surface area contributed by atoms with E-state index in [1.54, 1.807) is 0 Å². The van der Waals surface area contributed by atoms with Gasteiger partial charge in [-0.05, 0) is 12.8 Å². The van der Waals surface area contributed by atoms with Gasteiger partial charge < -0.3 is 15.3 Å². The molecule has 2 amide bonds. The largest absolute Gasteiger partial charge is 0.465 e. The Hall–Kier alpha value is -1.26. The lowest BCUT2D eigenvalue weighted by Gasteiger charge is -2.12. The van der Waals surface area contributed by atoms with Crippen LogP contribution in [0.15, 0.2) is 0 Å². The highest BCUT2D eigenvalue weighted by molar-refractivity contribution is 5.80. The molecule has 0 aromatic carbocycles. The first-order chi connectivity index (χ1) is 11.1. The molecule has 2 N–H and O–H groups in total. The highest BCUT2D eigenvalue weighted by Gasteiger charge is 2.30. The average Bonchev–Trinajstić information content (AvgIpc) is 3.02. The van der Waals surface area contributed by atoms with E-state index >= 15 is 0 Å². The van der Waals surface area contributed by atoms with E-state index in [2.05, 4.69) is 12.2 Å². The van der Waals surface area contributed by atoms with Gasteiger partial charge in [0.25, 0.3) is 0 Å². The van der Waals surface area contributed by atoms with Crippen LogP contribution < -0.4 is 5.32 Å². The Bertz CT molecular complexity index is 347. The number of carbonyl (C=O) groups excluding carboxylic acids is 1. The molecule has 134 valence electrons. The van der Waals surface area contributed by atoms with Crippen LogP contribution in [0.5, 0.6) is 0 Å². The Kier molecular flexibility index (Phi) is 10.5. The minimum Gasteiger partial charge on any atom is -0.465 e. The SMILES string of the molecule is CCCCCCCCCCCCNC(=O)[C@H]1CCN(C(=O)O)C1. The molecule has 0 saturated carbocycles. The van der Waals surface area contributed by atoms with E-state index in [0.29, 0.717) is 19.5 Å². The summed E-state index contributed by atoms with van der Waals surface area (Å²) in [5.74, 6) is -0.140. The molecule has 1 heterocycles. The first-order valence-electron chi connectivity index (χ1n) is 9.40. The average molecular weight is 326 g/mol. The fourth-order valence-electron chi connectivity index (χ4n) is 3.12. The van der Waals surface area contributed by atoms with Gasteiger partial charge in [-0.3, -0.25) is 4.79 Å². The Morgan fingerprint density at radius 1 is 1.00 bits per heavy atom. The first-order valence-corrected chi connectivity index (χ1v) is 9.40. The van der Waals surface area contributed by atoms with E-state index in [0.717, 1.165) is 13.0 Å². The summed E-state index contributed by atoms with van der Waals surface area (Å²) in [6, 6.07) is 0. The van der Waals surface area contributed by atoms with Crippen molar-refractivity contribution in [3.8, 4) is 0 Å². The number of unbranched alkanes of at least 4 members (excludes halogenated alkanes) is 9. The zero-order chi connectivity index (χ0) is 16.9. The molecule has 0 spiro atoms. The lowest BCUT2D eigenvalue weighted by atomic mass is 10.1. The van der Waals surface area contributed by atoms with Crippen LogP contribution in [0.4, 0.5) is 4.79 Å². The van der Waals surface area contributed by atoms with Crippen molar-refractivity contribution in [3.63, 3.8) is 0 Å². The van der Waals surface area contributed by atoms with Crippen molar-refractivity contribution in [2.45, 2.75) is 77.6 Å². The van der Waals surface area contributed by atoms with Gasteiger partial charge >= 0.3 is 6.09 Å². The lowest BCUT2D eigenvalue weighted by Crippen LogP contribution is -2.34. The van der Waals surface area contributed by atoms with Gasteiger partial charge in [0, 0.05) is 19.6 Å². The maximum absolute atomic E-state index is 11.9. The number of nitrogens with zero attached hydrogens (tertiary/aromatic N) is 1. The molecule has 0 aromatic rings. The van der Waals surface area contributed by atoms with Crippen molar-refractivity contribution in [2.75, 3.05) is 19.6 Å². The summed E-state index contributed by atoms with van der Waals surface area (Å²) in [5.41, 5.74) is 0. The van der Waals surface area contributed by atoms with Gasteiger partial charge in [-0.2, -0.15) is 0 Å². The standard InChI is InChI=1S/C18H34N2O3/c1-2-3-4-5-6-7-8-9-10-11-13-19-17(21)16-12-14-20(15-16)18(22)23/h16H,2-15H2,1H3,(H,19,21)(H,22,23)/t16-/m0/s1. The van der Waals surface area contributed by atoms with E-state index < -0.39 is 6.09 Å². The molecular weight excluding hydrogens is 292 g/mol. The Morgan fingerprint density at radius 3 is 2.09 bits per heavy atom. The molecule has 1 atom stereocenters. The van der Waals surface area contributed by atoms with Crippen molar-refractivity contribution >= 4 is 12.0 Å². The van der Waals surface area contributed by atoms with Gasteiger partial charge in [0.15, 0.2) is 0 Å². The van der Waals surface area contributed by atoms with Crippen molar-refractivity contribution in [3.05, 3.63) is 0 Å². The van der Waals surface area contributed by atoms with E-state index in [1.807, 2.05) is 0 Å². The van der Waals surface area contributed by atoms with Crippen LogP contribution in [0, 0.1) is 5.92 Å². The second-order valence-corrected chi connectivity index (χ2v) is 6.69. The Balaban J connectivity index is 1.89. The third-order valence-corrected chi connectivity index (χ3v) is 4.66. The van der Waals surface area contributed by atoms with Crippen LogP contribution in [0.25, 0.3) is 0 Å². The molecule has 5 heteroatoms. The molecule has 1 aliphatic heterocycles. The van der Waals surface area contributed by atoms with Crippen LogP contribution in [-0.2, 0) is 4.79 Å². The van der Waals surface area contributed by atoms with E-state index in [1.165, 1.54) is 62.7 Å². The molecule has 0 radical (unpaired) electrons. The van der Waals surface area contributed by atoms with E-state index in [-0.39, 0.29) is 11.8 Å². The van der Waals surface area contributed by atoms with Gasteiger partial charge in [0.05, 0.1) is 5.92 Å². The van der Waals surface area contributed by atoms with Crippen molar-refractivity contribution in [2.24, 2.45) is 5.92 Å². The number of hydrogen-bond donors (Lipinski definition) is 2. The summed E-state index contributed by atoms with van der Waals surface area (Å²) in [6.07, 6.45) is 12.6. The maximum Gasteiger partial charge on any atom is 0.407 e. The quantitative estimate of drug-likeness (QED) is 0.532. The molecule has 0 bridgehead atoms. The molecule has 1 saturated heterocycles. The van der Waals surface area contributed by atoms with Crippen molar-refractivity contribution in [1.29, 1.82) is 0 Å². The number of likely N-dealkylation sites (tertiary alicyclic amines) is 1. The third-order valence-electron chi connectivity index (χ3n) is 4.66. The number of carbonyl (C=O) groups is 2. The fourth-order valence-corrected chi connectivity index (χ4v) is 3.12. The zero-order valence-corrected chi connectivity index (χ0v) is 14.7. The summed E-state index contributed by atoms with van der Waals surface area (Å²) >= 11 is 0. The van der Waals surface area contributed by atoms with Crippen molar-refractivity contribution in [1.82, 2.24) is 10.2 Å². The Labute approximate surface area is 140 Å². The summed E-state index contributed by atoms with van der Waals surface area (Å²) < 4.78 is 0. The Morgan fingerprint density at radius 2 is 1.57 bits per heavy atom. The monoisotopic (exact) mass is 326 g/mol. The van der Waals surface area contributed by atoms with E-state index in [9.17, 15) is 9.59 Å². The molecule has 1 rings (SSSR count). The summed E-state index contributed by atoms with van der Waals surface area (Å²) in [7, 11) is 0. The van der Waals surface area contributed by atoms with E-state index in [4.69, 9.17) is 5.11 Å². The number of hydrogen-bond acceptors (Lipinski definition) is 2. The van der Waals surface area contributed by atoms with Crippen LogP contribution in [0.2, 0.25) is 0 Å². The number of amides is 2. The third kappa shape index (κ3) is 8.82. The number of carboxylic acid groups (broad SMARTS) is 1. The molecule has 1 aliphatic rings. The topological polar surface area (TPSA) is 69.6 Å². The van der Waals surface area contributed by atoms with Gasteiger partial charge in [0.2, 0.25) is 5.91 Å². The van der Waals surface area contributed by atoms with Crippen LogP contribution in [-0.4, -0.2) is 41.6 Å². The summed E-state index contributed by atoms with van der Waals surface area (Å²) in [5, 5.41) is 11.8. The molecule has 1 fully saturated rings. The predicted molar refractivity (Wildman–Crippen MR) is 92.6 cm³/mol. The maximum atomic E-state index is 11.9. The fraction of sp³-hybridized carbons (Fsp3) is 0.889. The minimum absolute atomic E-state index is 0.0182. The summed E-state index contributed by atoms with van der Waals surface area (Å²) in [4.78, 5) is 24.1. The second kappa shape index (κ2) is 12.2. The van der Waals surface area contributed by atoms with Crippen LogP contribution in [0.3, 0.4) is 0 Å². The number of nitrogens with one attached hydrogen (secondary N) is 1. The second-order valence-electron chi connectivity index (χ2n) is 6.69. The van der Waals surface area contributed by atoms with Crippen LogP contribution in [0.1, 0.15) is 77.6 Å². The lowest BCUT2D eigenvalue weighted by molar-refractivity contribution is -0.124. The highest BCUT2D eigenvalue weighted by atomic mass is 16.4. The minimum atomic E-state index is -0.921. The van der Waals surface area contributed by atoms with Crippen LogP contribution >= 0.6 is 0 Å². The molecule has 0 aliphatic carbocycles. The summed E-state index contributed by atoms with van der Waals surface area (Å²) in [6.45, 7) is 3.79. The highest BCUT2D eigenvalue weighted by Crippen LogP contribution is 2.16. The molecule has 5 nitrogen and oxygen atoms in total. The van der Waals surface area contributed by atoms with Gasteiger partial charge in [-0.15, -0.1) is 0 Å². The predicted octanol–water partition coefficient (Wildman–Crippen LogP) is 4.02. The molecule has 23 heavy (non-hydrogen) atoms. The molecular formula is C18H34N2O3. The normalized spacial score (nSPS) is 17.4. The smallest absolute Gasteiger partial charge is 0.407 e. The van der Waals surface area contributed by atoms with Gasteiger partial charge in [0.1, 0.15) is 0 Å². The molecule has 0 unspecified atom stereocenters. The van der Waals surface area contributed by atoms with Gasteiger partial charge in [-0.1, -0.05) is 64.7 Å². The number of rotatable bonds is 12.